The number of carbonyl (C=O) groups excluding carboxylic acids is 1. The molecule has 18 heavy (non-hydrogen) atoms. The summed E-state index contributed by atoms with van der Waals surface area (Å²) < 4.78 is 5.14. The predicted molar refractivity (Wildman–Crippen MR) is 64.4 cm³/mol. The Labute approximate surface area is 104 Å². The fraction of sp³-hybridized carbons (Fsp3) is 0.0714. The van der Waals surface area contributed by atoms with E-state index >= 15 is 0 Å². The molecule has 0 radical (unpaired) electrons. The van der Waals surface area contributed by atoms with E-state index in [0.29, 0.717) is 11.1 Å². The van der Waals surface area contributed by atoms with Gasteiger partial charge in [-0.2, -0.15) is 5.26 Å². The Morgan fingerprint density at radius 2 is 1.83 bits per heavy atom. The molecule has 0 fully saturated rings. The van der Waals surface area contributed by atoms with E-state index in [1.807, 2.05) is 6.07 Å². The van der Waals surface area contributed by atoms with Gasteiger partial charge in [-0.05, 0) is 24.3 Å². The number of carbonyl (C=O) groups is 1. The van der Waals surface area contributed by atoms with Gasteiger partial charge in [0.1, 0.15) is 6.07 Å². The van der Waals surface area contributed by atoms with Crippen LogP contribution in [-0.2, 0) is 4.74 Å². The number of pyridine rings is 1. The molecule has 1 atom stereocenters. The molecule has 0 bridgehead atoms. The summed E-state index contributed by atoms with van der Waals surface area (Å²) >= 11 is 0. The lowest BCUT2D eigenvalue weighted by Gasteiger charge is -2.10. The second kappa shape index (κ2) is 5.60. The molecule has 0 spiro atoms. The number of nitriles is 1. The van der Waals surface area contributed by atoms with Crippen molar-refractivity contribution in [2.45, 2.75) is 6.10 Å². The summed E-state index contributed by atoms with van der Waals surface area (Å²) in [5.74, 6) is -0.515. The standard InChI is InChI=1S/C14H10N2O2/c15-10-13(11-6-8-16-9-7-11)18-14(17)12-4-2-1-3-5-12/h1-9,13H. The van der Waals surface area contributed by atoms with E-state index in [9.17, 15) is 4.79 Å². The highest BCUT2D eigenvalue weighted by Gasteiger charge is 2.16. The first-order valence-electron chi connectivity index (χ1n) is 5.37. The van der Waals surface area contributed by atoms with Crippen molar-refractivity contribution in [2.75, 3.05) is 0 Å². The molecule has 1 aromatic carbocycles. The van der Waals surface area contributed by atoms with E-state index in [2.05, 4.69) is 4.98 Å². The third kappa shape index (κ3) is 2.71. The van der Waals surface area contributed by atoms with Crippen LogP contribution in [0.3, 0.4) is 0 Å². The minimum absolute atomic E-state index is 0.423. The highest BCUT2D eigenvalue weighted by molar-refractivity contribution is 5.89. The second-order valence-electron chi connectivity index (χ2n) is 3.56. The maximum absolute atomic E-state index is 11.8. The monoisotopic (exact) mass is 238 g/mol. The van der Waals surface area contributed by atoms with Gasteiger partial charge in [-0.15, -0.1) is 0 Å². The summed E-state index contributed by atoms with van der Waals surface area (Å²) in [6.07, 6.45) is 2.19. The van der Waals surface area contributed by atoms with Crippen molar-refractivity contribution in [3.8, 4) is 6.07 Å². The van der Waals surface area contributed by atoms with Crippen LogP contribution in [0, 0.1) is 11.3 Å². The number of ether oxygens (including phenoxy) is 1. The smallest absolute Gasteiger partial charge is 0.339 e. The molecule has 0 N–H and O–H groups in total. The topological polar surface area (TPSA) is 63.0 Å². The maximum Gasteiger partial charge on any atom is 0.339 e. The van der Waals surface area contributed by atoms with E-state index in [1.54, 1.807) is 54.9 Å². The highest BCUT2D eigenvalue weighted by Crippen LogP contribution is 2.17. The number of hydrogen-bond donors (Lipinski definition) is 0. The molecule has 1 unspecified atom stereocenters. The Kier molecular flexibility index (Phi) is 3.67. The fourth-order valence-electron chi connectivity index (χ4n) is 1.46. The summed E-state index contributed by atoms with van der Waals surface area (Å²) in [5.41, 5.74) is 1.03. The van der Waals surface area contributed by atoms with Gasteiger partial charge in [0.05, 0.1) is 5.56 Å². The number of rotatable bonds is 3. The second-order valence-corrected chi connectivity index (χ2v) is 3.56. The van der Waals surface area contributed by atoms with E-state index in [-0.39, 0.29) is 0 Å². The molecule has 1 heterocycles. The van der Waals surface area contributed by atoms with Gasteiger partial charge in [-0.25, -0.2) is 4.79 Å². The zero-order valence-electron chi connectivity index (χ0n) is 9.48. The molecule has 0 aliphatic rings. The van der Waals surface area contributed by atoms with Gasteiger partial charge in [-0.3, -0.25) is 4.98 Å². The molecule has 0 amide bonds. The van der Waals surface area contributed by atoms with Crippen molar-refractivity contribution in [1.82, 2.24) is 4.98 Å². The number of aromatic nitrogens is 1. The first-order valence-corrected chi connectivity index (χ1v) is 5.37. The van der Waals surface area contributed by atoms with Crippen LogP contribution in [0.2, 0.25) is 0 Å². The molecule has 2 rings (SSSR count). The first kappa shape index (κ1) is 11.8. The summed E-state index contributed by atoms with van der Waals surface area (Å²) in [5, 5.41) is 9.03. The molecule has 4 heteroatoms. The average molecular weight is 238 g/mol. The molecule has 0 aliphatic carbocycles. The minimum atomic E-state index is -0.916. The quantitative estimate of drug-likeness (QED) is 0.771. The largest absolute Gasteiger partial charge is 0.438 e. The summed E-state index contributed by atoms with van der Waals surface area (Å²) in [6, 6.07) is 13.8. The van der Waals surface area contributed by atoms with E-state index in [0.717, 1.165) is 0 Å². The van der Waals surface area contributed by atoms with Crippen LogP contribution in [0.15, 0.2) is 54.9 Å². The molecule has 0 saturated heterocycles. The van der Waals surface area contributed by atoms with Gasteiger partial charge >= 0.3 is 5.97 Å². The zero-order valence-corrected chi connectivity index (χ0v) is 9.48. The van der Waals surface area contributed by atoms with Crippen LogP contribution < -0.4 is 0 Å². The van der Waals surface area contributed by atoms with Crippen LogP contribution in [0.1, 0.15) is 22.0 Å². The lowest BCUT2D eigenvalue weighted by molar-refractivity contribution is 0.0404. The van der Waals surface area contributed by atoms with Crippen molar-refractivity contribution in [2.24, 2.45) is 0 Å². The van der Waals surface area contributed by atoms with E-state index in [1.165, 1.54) is 0 Å². The third-order valence-electron chi connectivity index (χ3n) is 2.36. The molecule has 88 valence electrons. The number of nitrogens with zero attached hydrogens (tertiary/aromatic N) is 2. The van der Waals surface area contributed by atoms with Crippen LogP contribution in [0.25, 0.3) is 0 Å². The van der Waals surface area contributed by atoms with Gasteiger partial charge in [-0.1, -0.05) is 18.2 Å². The Hall–Kier alpha value is -2.67. The first-order chi connectivity index (χ1) is 8.81. The van der Waals surface area contributed by atoms with Crippen molar-refractivity contribution >= 4 is 5.97 Å². The molecule has 0 saturated carbocycles. The predicted octanol–water partition coefficient (Wildman–Crippen LogP) is 2.50. The Morgan fingerprint density at radius 1 is 1.17 bits per heavy atom. The number of esters is 1. The van der Waals surface area contributed by atoms with Crippen molar-refractivity contribution in [3.05, 3.63) is 66.0 Å². The minimum Gasteiger partial charge on any atom is -0.438 e. The summed E-state index contributed by atoms with van der Waals surface area (Å²) in [7, 11) is 0. The average Bonchev–Trinajstić information content (AvgIpc) is 2.46. The van der Waals surface area contributed by atoms with E-state index < -0.39 is 12.1 Å². The molecular weight excluding hydrogens is 228 g/mol. The SMILES string of the molecule is N#CC(OC(=O)c1ccccc1)c1ccncc1. The molecule has 4 nitrogen and oxygen atoms in total. The van der Waals surface area contributed by atoms with Gasteiger partial charge in [0, 0.05) is 18.0 Å². The van der Waals surface area contributed by atoms with E-state index in [4.69, 9.17) is 10.00 Å². The van der Waals surface area contributed by atoms with Crippen LogP contribution in [0.5, 0.6) is 0 Å². The third-order valence-corrected chi connectivity index (χ3v) is 2.36. The molecular formula is C14H10N2O2. The molecule has 2 aromatic rings. The number of benzene rings is 1. The van der Waals surface area contributed by atoms with Gasteiger partial charge in [0.2, 0.25) is 6.10 Å². The molecule has 1 aromatic heterocycles. The molecule has 0 aliphatic heterocycles. The van der Waals surface area contributed by atoms with Gasteiger partial charge in [0.15, 0.2) is 0 Å². The summed E-state index contributed by atoms with van der Waals surface area (Å²) in [4.78, 5) is 15.6. The highest BCUT2D eigenvalue weighted by atomic mass is 16.5. The lowest BCUT2D eigenvalue weighted by atomic mass is 10.1. The Bertz CT molecular complexity index is 561. The zero-order chi connectivity index (χ0) is 12.8. The van der Waals surface area contributed by atoms with Crippen LogP contribution in [0.4, 0.5) is 0 Å². The Morgan fingerprint density at radius 3 is 2.44 bits per heavy atom. The normalized spacial score (nSPS) is 11.3. The van der Waals surface area contributed by atoms with Gasteiger partial charge in [0.25, 0.3) is 0 Å². The van der Waals surface area contributed by atoms with Gasteiger partial charge < -0.3 is 4.74 Å². The van der Waals surface area contributed by atoms with Crippen LogP contribution in [-0.4, -0.2) is 11.0 Å². The summed E-state index contributed by atoms with van der Waals surface area (Å²) in [6.45, 7) is 0. The maximum atomic E-state index is 11.8. The van der Waals surface area contributed by atoms with Crippen molar-refractivity contribution < 1.29 is 9.53 Å². The lowest BCUT2D eigenvalue weighted by Crippen LogP contribution is -2.10. The number of hydrogen-bond acceptors (Lipinski definition) is 4. The van der Waals surface area contributed by atoms with Crippen molar-refractivity contribution in [1.29, 1.82) is 5.26 Å². The fourth-order valence-corrected chi connectivity index (χ4v) is 1.46. The van der Waals surface area contributed by atoms with Crippen LogP contribution >= 0.6 is 0 Å². The van der Waals surface area contributed by atoms with Crippen molar-refractivity contribution in [3.63, 3.8) is 0 Å². The Balaban J connectivity index is 2.14.